The highest BCUT2D eigenvalue weighted by Crippen LogP contribution is 2.16. The van der Waals surface area contributed by atoms with Crippen molar-refractivity contribution in [2.24, 2.45) is 0 Å². The monoisotopic (exact) mass is 1030 g/mol. The Balaban J connectivity index is 4.42. The molecule has 0 bridgehead atoms. The van der Waals surface area contributed by atoms with Gasteiger partial charge in [0.05, 0.1) is 0 Å². The lowest BCUT2D eigenvalue weighted by Crippen LogP contribution is -2.30. The van der Waals surface area contributed by atoms with Crippen molar-refractivity contribution in [2.75, 3.05) is 13.2 Å². The van der Waals surface area contributed by atoms with Crippen LogP contribution in [0.1, 0.15) is 310 Å². The molecule has 6 heteroatoms. The van der Waals surface area contributed by atoms with Crippen LogP contribution < -0.4 is 0 Å². The Labute approximate surface area is 458 Å². The predicted molar refractivity (Wildman–Crippen MR) is 321 cm³/mol. The van der Waals surface area contributed by atoms with Crippen molar-refractivity contribution >= 4 is 17.9 Å². The summed E-state index contributed by atoms with van der Waals surface area (Å²) in [4.78, 5) is 38.3. The molecule has 0 aromatic rings. The molecule has 0 spiro atoms. The minimum atomic E-state index is -0.793. The van der Waals surface area contributed by atoms with E-state index in [9.17, 15) is 14.4 Å². The first-order chi connectivity index (χ1) is 36.5. The van der Waals surface area contributed by atoms with Gasteiger partial charge in [-0.05, 0) is 96.3 Å². The average molecular weight is 1030 g/mol. The zero-order valence-electron chi connectivity index (χ0n) is 48.8. The predicted octanol–water partition coefficient (Wildman–Crippen LogP) is 21.5. The summed E-state index contributed by atoms with van der Waals surface area (Å²) in [5.74, 6) is -0.911. The Bertz CT molecular complexity index is 1420. The third-order valence-corrected chi connectivity index (χ3v) is 13.6. The van der Waals surface area contributed by atoms with Gasteiger partial charge in [-0.1, -0.05) is 279 Å². The molecule has 0 heterocycles. The lowest BCUT2D eigenvalue weighted by molar-refractivity contribution is -0.167. The molecule has 0 amide bonds. The number of ether oxygens (including phenoxy) is 3. The first kappa shape index (κ1) is 70.6. The van der Waals surface area contributed by atoms with Gasteiger partial charge in [0, 0.05) is 19.3 Å². The SMILES string of the molecule is CC/C=C\C/C=C\C/C=C\C/C=C\CCCCCCC(=O)OCC(COC(=O)CCCCCCCC/C=C\C/C=C\C/C=C\CCCCCCC)OC(=O)CCCCCCCCCCCCCCCCCCCC. The molecule has 1 atom stereocenters. The van der Waals surface area contributed by atoms with E-state index in [0.29, 0.717) is 19.3 Å². The number of carbonyl (C=O) groups excluding carboxylic acids is 3. The molecule has 0 saturated carbocycles. The summed E-state index contributed by atoms with van der Waals surface area (Å²) in [5, 5.41) is 0. The van der Waals surface area contributed by atoms with Gasteiger partial charge >= 0.3 is 17.9 Å². The quantitative estimate of drug-likeness (QED) is 0.0261. The zero-order chi connectivity index (χ0) is 53.6. The number of esters is 3. The summed E-state index contributed by atoms with van der Waals surface area (Å²) < 4.78 is 16.9. The van der Waals surface area contributed by atoms with Gasteiger partial charge in [-0.2, -0.15) is 0 Å². The highest BCUT2D eigenvalue weighted by atomic mass is 16.6. The molecule has 0 fully saturated rings. The second-order valence-corrected chi connectivity index (χ2v) is 20.9. The van der Waals surface area contributed by atoms with E-state index in [2.05, 4.69) is 106 Å². The third kappa shape index (κ3) is 59.5. The fraction of sp³-hybridized carbons (Fsp3) is 0.750. The van der Waals surface area contributed by atoms with Crippen LogP contribution in [0.3, 0.4) is 0 Å². The molecule has 0 aromatic heterocycles. The Kier molecular flexibility index (Phi) is 59.3. The minimum absolute atomic E-state index is 0.0894. The number of carbonyl (C=O) groups is 3. The van der Waals surface area contributed by atoms with Gasteiger partial charge < -0.3 is 14.2 Å². The highest BCUT2D eigenvalue weighted by molar-refractivity contribution is 5.71. The molecule has 426 valence electrons. The molecule has 74 heavy (non-hydrogen) atoms. The molecule has 0 aliphatic carbocycles. The van der Waals surface area contributed by atoms with Gasteiger partial charge in [0.25, 0.3) is 0 Å². The summed E-state index contributed by atoms with van der Waals surface area (Å²) in [7, 11) is 0. The Morgan fingerprint density at radius 2 is 0.527 bits per heavy atom. The van der Waals surface area contributed by atoms with Crippen LogP contribution in [-0.2, 0) is 28.6 Å². The van der Waals surface area contributed by atoms with Crippen molar-refractivity contribution in [1.29, 1.82) is 0 Å². The second kappa shape index (κ2) is 62.1. The maximum atomic E-state index is 12.9. The van der Waals surface area contributed by atoms with Gasteiger partial charge in [0.15, 0.2) is 6.10 Å². The smallest absolute Gasteiger partial charge is 0.306 e. The van der Waals surface area contributed by atoms with E-state index in [0.717, 1.165) is 116 Å². The summed E-state index contributed by atoms with van der Waals surface area (Å²) >= 11 is 0. The fourth-order valence-corrected chi connectivity index (χ4v) is 8.91. The summed E-state index contributed by atoms with van der Waals surface area (Å²) in [5.41, 5.74) is 0. The summed E-state index contributed by atoms with van der Waals surface area (Å²) in [6.45, 7) is 6.52. The molecular weight excluding hydrogens is 913 g/mol. The van der Waals surface area contributed by atoms with E-state index < -0.39 is 6.10 Å². The summed E-state index contributed by atoms with van der Waals surface area (Å²) in [6, 6.07) is 0. The van der Waals surface area contributed by atoms with Gasteiger partial charge in [0.1, 0.15) is 13.2 Å². The van der Waals surface area contributed by atoms with Gasteiger partial charge in [0.2, 0.25) is 0 Å². The summed E-state index contributed by atoms with van der Waals surface area (Å²) in [6.07, 6.45) is 81.5. The van der Waals surface area contributed by atoms with Crippen molar-refractivity contribution < 1.29 is 28.6 Å². The van der Waals surface area contributed by atoms with Crippen LogP contribution in [0.15, 0.2) is 85.1 Å². The Morgan fingerprint density at radius 3 is 0.824 bits per heavy atom. The Morgan fingerprint density at radius 1 is 0.284 bits per heavy atom. The molecule has 0 aliphatic heterocycles. The van der Waals surface area contributed by atoms with Crippen molar-refractivity contribution in [3.63, 3.8) is 0 Å². The maximum absolute atomic E-state index is 12.9. The van der Waals surface area contributed by atoms with Crippen LogP contribution in [0, 0.1) is 0 Å². The maximum Gasteiger partial charge on any atom is 0.306 e. The topological polar surface area (TPSA) is 78.9 Å². The van der Waals surface area contributed by atoms with E-state index >= 15 is 0 Å². The second-order valence-electron chi connectivity index (χ2n) is 20.9. The number of allylic oxidation sites excluding steroid dienone is 14. The van der Waals surface area contributed by atoms with Crippen LogP contribution in [-0.4, -0.2) is 37.2 Å². The van der Waals surface area contributed by atoms with Crippen LogP contribution in [0.25, 0.3) is 0 Å². The standard InChI is InChI=1S/C68H118O6/c1-4-7-10-13-16-19-22-25-28-31-33-34-35-38-40-43-46-49-52-55-58-61-67(70)73-64-65(63-72-66(69)60-57-54-51-48-45-42-39-36-30-27-24-21-18-15-12-9-6-3)74-68(71)62-59-56-53-50-47-44-41-37-32-29-26-23-20-17-14-11-8-5-2/h9,12,18,21-22,25,27,30-31,33,35,38-39,42,65H,4-8,10-11,13-17,19-20,23-24,26,28-29,32,34,36-37,40-41,43-64H2,1-3H3/b12-9-,21-18-,25-22-,30-27-,33-31-,38-35-,42-39-. The Hall–Kier alpha value is -3.41. The van der Waals surface area contributed by atoms with Crippen LogP contribution in [0.5, 0.6) is 0 Å². The van der Waals surface area contributed by atoms with Crippen molar-refractivity contribution in [3.8, 4) is 0 Å². The number of rotatable bonds is 57. The van der Waals surface area contributed by atoms with Crippen LogP contribution in [0.4, 0.5) is 0 Å². The lowest BCUT2D eigenvalue weighted by Gasteiger charge is -2.18. The van der Waals surface area contributed by atoms with Crippen molar-refractivity contribution in [1.82, 2.24) is 0 Å². The molecule has 0 saturated heterocycles. The third-order valence-electron chi connectivity index (χ3n) is 13.6. The van der Waals surface area contributed by atoms with Crippen molar-refractivity contribution in [2.45, 2.75) is 316 Å². The van der Waals surface area contributed by atoms with E-state index in [1.165, 1.54) is 154 Å². The number of hydrogen-bond donors (Lipinski definition) is 0. The highest BCUT2D eigenvalue weighted by Gasteiger charge is 2.19. The molecular formula is C68H118O6. The largest absolute Gasteiger partial charge is 0.462 e. The number of hydrogen-bond acceptors (Lipinski definition) is 6. The normalized spacial score (nSPS) is 12.6. The minimum Gasteiger partial charge on any atom is -0.462 e. The molecule has 0 aliphatic rings. The van der Waals surface area contributed by atoms with Gasteiger partial charge in [-0.25, -0.2) is 0 Å². The fourth-order valence-electron chi connectivity index (χ4n) is 8.91. The van der Waals surface area contributed by atoms with Gasteiger partial charge in [-0.3, -0.25) is 14.4 Å². The van der Waals surface area contributed by atoms with Gasteiger partial charge in [-0.15, -0.1) is 0 Å². The number of unbranched alkanes of at least 4 members (excludes halogenated alkanes) is 32. The van der Waals surface area contributed by atoms with Crippen LogP contribution >= 0.6 is 0 Å². The lowest BCUT2D eigenvalue weighted by atomic mass is 10.0. The van der Waals surface area contributed by atoms with E-state index in [1.807, 2.05) is 0 Å². The molecule has 0 rings (SSSR count). The van der Waals surface area contributed by atoms with Crippen molar-refractivity contribution in [3.05, 3.63) is 85.1 Å². The molecule has 0 radical (unpaired) electrons. The first-order valence-electron chi connectivity index (χ1n) is 31.6. The van der Waals surface area contributed by atoms with Crippen LogP contribution in [0.2, 0.25) is 0 Å². The molecule has 1 unspecified atom stereocenters. The zero-order valence-corrected chi connectivity index (χ0v) is 48.8. The molecule has 0 N–H and O–H groups in total. The van der Waals surface area contributed by atoms with E-state index in [-0.39, 0.29) is 31.1 Å². The van der Waals surface area contributed by atoms with E-state index in [1.54, 1.807) is 0 Å². The first-order valence-corrected chi connectivity index (χ1v) is 31.6. The molecule has 6 nitrogen and oxygen atoms in total. The average Bonchev–Trinajstić information content (AvgIpc) is 3.40. The molecule has 0 aromatic carbocycles. The van der Waals surface area contributed by atoms with E-state index in [4.69, 9.17) is 14.2 Å².